The summed E-state index contributed by atoms with van der Waals surface area (Å²) in [6, 6.07) is 8.08. The molecule has 3 heterocycles. The van der Waals surface area contributed by atoms with Gasteiger partial charge in [-0.2, -0.15) is 5.10 Å². The molecule has 27 heavy (non-hydrogen) atoms. The van der Waals surface area contributed by atoms with Gasteiger partial charge in [0.2, 0.25) is 5.91 Å². The SMILES string of the molecule is CN(Cc1nc2ccccc2s1)C(=O)[C@H]1CNC[C@@H]1c1cnn(C)c1.Cl.Cl. The van der Waals surface area contributed by atoms with Crippen molar-refractivity contribution in [2.45, 2.75) is 12.5 Å². The Hall–Kier alpha value is -1.67. The Balaban J connectivity index is 0.00000131. The van der Waals surface area contributed by atoms with Crippen LogP contribution in [-0.4, -0.2) is 45.7 Å². The van der Waals surface area contributed by atoms with Gasteiger partial charge in [0.25, 0.3) is 0 Å². The van der Waals surface area contributed by atoms with Crippen LogP contribution < -0.4 is 5.32 Å². The van der Waals surface area contributed by atoms with E-state index in [1.807, 2.05) is 44.7 Å². The van der Waals surface area contributed by atoms with Crippen LogP contribution in [0.3, 0.4) is 0 Å². The minimum absolute atomic E-state index is 0. The smallest absolute Gasteiger partial charge is 0.227 e. The standard InChI is InChI=1S/C18H21N5OS.2ClH/c1-22(11-17-21-15-5-3-4-6-16(15)25-17)18(24)14-9-19-8-13(14)12-7-20-23(2)10-12;;/h3-7,10,13-14,19H,8-9,11H2,1-2H3;2*1H/t13-,14+;;/m1../s1. The number of amides is 1. The van der Waals surface area contributed by atoms with E-state index in [-0.39, 0.29) is 42.6 Å². The second kappa shape index (κ2) is 9.01. The van der Waals surface area contributed by atoms with E-state index in [1.54, 1.807) is 20.9 Å². The Kier molecular flexibility index (Phi) is 7.22. The lowest BCUT2D eigenvalue weighted by Crippen LogP contribution is -2.35. The molecule has 4 rings (SSSR count). The van der Waals surface area contributed by atoms with E-state index >= 15 is 0 Å². The van der Waals surface area contributed by atoms with Gasteiger partial charge in [-0.05, 0) is 17.7 Å². The highest BCUT2D eigenvalue weighted by Gasteiger charge is 2.36. The van der Waals surface area contributed by atoms with Crippen LogP contribution in [0.5, 0.6) is 0 Å². The molecule has 1 aliphatic rings. The summed E-state index contributed by atoms with van der Waals surface area (Å²) in [6.07, 6.45) is 3.87. The first-order valence-electron chi connectivity index (χ1n) is 8.40. The van der Waals surface area contributed by atoms with Gasteiger partial charge in [-0.1, -0.05) is 12.1 Å². The molecule has 1 saturated heterocycles. The van der Waals surface area contributed by atoms with Gasteiger partial charge >= 0.3 is 0 Å². The second-order valence-electron chi connectivity index (χ2n) is 6.59. The predicted octanol–water partition coefficient (Wildman–Crippen LogP) is 2.84. The Morgan fingerprint density at radius 3 is 2.81 bits per heavy atom. The van der Waals surface area contributed by atoms with Crippen LogP contribution in [0, 0.1) is 5.92 Å². The first kappa shape index (κ1) is 21.6. The van der Waals surface area contributed by atoms with Crippen molar-refractivity contribution in [2.24, 2.45) is 13.0 Å². The number of fused-ring (bicyclic) bond motifs is 1. The van der Waals surface area contributed by atoms with E-state index in [2.05, 4.69) is 21.5 Å². The summed E-state index contributed by atoms with van der Waals surface area (Å²) >= 11 is 1.65. The van der Waals surface area contributed by atoms with Crippen molar-refractivity contribution in [1.82, 2.24) is 25.0 Å². The van der Waals surface area contributed by atoms with Gasteiger partial charge in [0, 0.05) is 39.3 Å². The molecule has 0 saturated carbocycles. The summed E-state index contributed by atoms with van der Waals surface area (Å²) in [5, 5.41) is 8.57. The summed E-state index contributed by atoms with van der Waals surface area (Å²) in [7, 11) is 3.77. The number of nitrogens with zero attached hydrogens (tertiary/aromatic N) is 4. The highest BCUT2D eigenvalue weighted by molar-refractivity contribution is 7.18. The average molecular weight is 428 g/mol. The molecule has 1 amide bonds. The molecule has 1 aliphatic heterocycles. The summed E-state index contributed by atoms with van der Waals surface area (Å²) in [6.45, 7) is 2.08. The maximum absolute atomic E-state index is 13.0. The number of benzene rings is 1. The number of aryl methyl sites for hydroxylation is 1. The van der Waals surface area contributed by atoms with E-state index in [0.29, 0.717) is 13.1 Å². The van der Waals surface area contributed by atoms with Crippen molar-refractivity contribution in [1.29, 1.82) is 0 Å². The lowest BCUT2D eigenvalue weighted by Gasteiger charge is -2.23. The van der Waals surface area contributed by atoms with Crippen LogP contribution in [0.15, 0.2) is 36.7 Å². The Morgan fingerprint density at radius 2 is 2.11 bits per heavy atom. The molecule has 0 unspecified atom stereocenters. The van der Waals surface area contributed by atoms with E-state index in [4.69, 9.17) is 0 Å². The maximum Gasteiger partial charge on any atom is 0.227 e. The lowest BCUT2D eigenvalue weighted by atomic mass is 9.90. The van der Waals surface area contributed by atoms with Crippen molar-refractivity contribution < 1.29 is 4.79 Å². The molecule has 0 bridgehead atoms. The van der Waals surface area contributed by atoms with Crippen LogP contribution in [0.2, 0.25) is 0 Å². The van der Waals surface area contributed by atoms with Gasteiger partial charge in [0.05, 0.1) is 28.9 Å². The number of aromatic nitrogens is 3. The van der Waals surface area contributed by atoms with Crippen LogP contribution in [0.4, 0.5) is 0 Å². The molecule has 2 aromatic heterocycles. The highest BCUT2D eigenvalue weighted by atomic mass is 35.5. The molecule has 0 aliphatic carbocycles. The number of nitrogens with one attached hydrogen (secondary N) is 1. The van der Waals surface area contributed by atoms with E-state index in [1.165, 1.54) is 0 Å². The average Bonchev–Trinajstić information content (AvgIpc) is 3.31. The summed E-state index contributed by atoms with van der Waals surface area (Å²) in [4.78, 5) is 19.4. The Morgan fingerprint density at radius 1 is 1.33 bits per heavy atom. The number of hydrogen-bond donors (Lipinski definition) is 1. The number of para-hydroxylation sites is 1. The topological polar surface area (TPSA) is 63.1 Å². The quantitative estimate of drug-likeness (QED) is 0.694. The van der Waals surface area contributed by atoms with Gasteiger partial charge in [-0.15, -0.1) is 36.2 Å². The van der Waals surface area contributed by atoms with E-state index in [9.17, 15) is 4.79 Å². The van der Waals surface area contributed by atoms with E-state index < -0.39 is 0 Å². The molecule has 1 fully saturated rings. The largest absolute Gasteiger partial charge is 0.339 e. The predicted molar refractivity (Wildman–Crippen MR) is 113 cm³/mol. The fourth-order valence-electron chi connectivity index (χ4n) is 3.47. The highest BCUT2D eigenvalue weighted by Crippen LogP contribution is 2.30. The third kappa shape index (κ3) is 4.43. The number of carbonyl (C=O) groups is 1. The maximum atomic E-state index is 13.0. The van der Waals surface area contributed by atoms with Crippen molar-refractivity contribution in [3.63, 3.8) is 0 Å². The van der Waals surface area contributed by atoms with Crippen molar-refractivity contribution in [3.8, 4) is 0 Å². The van der Waals surface area contributed by atoms with Crippen molar-refractivity contribution in [2.75, 3.05) is 20.1 Å². The minimum atomic E-state index is -0.0522. The zero-order chi connectivity index (χ0) is 17.4. The van der Waals surface area contributed by atoms with Gasteiger partial charge in [0.1, 0.15) is 5.01 Å². The van der Waals surface area contributed by atoms with E-state index in [0.717, 1.165) is 27.3 Å². The Bertz CT molecular complexity index is 879. The van der Waals surface area contributed by atoms with Gasteiger partial charge in [0.15, 0.2) is 0 Å². The van der Waals surface area contributed by atoms with Crippen LogP contribution >= 0.6 is 36.2 Å². The number of carbonyl (C=O) groups excluding carboxylic acids is 1. The molecule has 1 aromatic carbocycles. The molecule has 2 atom stereocenters. The normalized spacial score (nSPS) is 18.7. The fourth-order valence-corrected chi connectivity index (χ4v) is 4.49. The molecule has 3 aromatic rings. The molecule has 146 valence electrons. The van der Waals surface area contributed by atoms with Gasteiger partial charge in [-0.3, -0.25) is 9.48 Å². The molecule has 6 nitrogen and oxygen atoms in total. The zero-order valence-corrected chi connectivity index (χ0v) is 17.6. The minimum Gasteiger partial charge on any atom is -0.339 e. The molecular formula is C18H23Cl2N5OS. The fraction of sp³-hybridized carbons (Fsp3) is 0.389. The summed E-state index contributed by atoms with van der Waals surface area (Å²) in [5.41, 5.74) is 2.12. The van der Waals surface area contributed by atoms with Crippen molar-refractivity contribution in [3.05, 3.63) is 47.2 Å². The third-order valence-electron chi connectivity index (χ3n) is 4.77. The molecule has 1 N–H and O–H groups in total. The third-order valence-corrected chi connectivity index (χ3v) is 5.79. The zero-order valence-electron chi connectivity index (χ0n) is 15.2. The number of hydrogen-bond acceptors (Lipinski definition) is 5. The first-order chi connectivity index (χ1) is 12.1. The lowest BCUT2D eigenvalue weighted by molar-refractivity contribution is -0.134. The molecule has 9 heteroatoms. The summed E-state index contributed by atoms with van der Waals surface area (Å²) < 4.78 is 2.95. The number of rotatable bonds is 4. The number of halogens is 2. The number of thiazole rings is 1. The molecule has 0 radical (unpaired) electrons. The van der Waals surface area contributed by atoms with Crippen LogP contribution in [0.1, 0.15) is 16.5 Å². The monoisotopic (exact) mass is 427 g/mol. The second-order valence-corrected chi connectivity index (χ2v) is 7.70. The summed E-state index contributed by atoms with van der Waals surface area (Å²) in [5.74, 6) is 0.292. The first-order valence-corrected chi connectivity index (χ1v) is 9.22. The van der Waals surface area contributed by atoms with Gasteiger partial charge in [-0.25, -0.2) is 4.98 Å². The Labute approximate surface area is 174 Å². The van der Waals surface area contributed by atoms with Crippen molar-refractivity contribution >= 4 is 52.3 Å². The van der Waals surface area contributed by atoms with Crippen LogP contribution in [0.25, 0.3) is 10.2 Å². The molecular weight excluding hydrogens is 405 g/mol. The molecule has 0 spiro atoms. The van der Waals surface area contributed by atoms with Gasteiger partial charge < -0.3 is 10.2 Å². The van der Waals surface area contributed by atoms with Crippen LogP contribution in [-0.2, 0) is 18.4 Å².